The molecule has 2 aromatic rings. The Labute approximate surface area is 120 Å². The second-order valence-electron chi connectivity index (χ2n) is 5.68. The van der Waals surface area contributed by atoms with Gasteiger partial charge in [0.15, 0.2) is 0 Å². The molecule has 2 aromatic heterocycles. The molecule has 2 heterocycles. The summed E-state index contributed by atoms with van der Waals surface area (Å²) in [6.07, 6.45) is 2.53. The van der Waals surface area contributed by atoms with Gasteiger partial charge in [0.2, 0.25) is 0 Å². The van der Waals surface area contributed by atoms with E-state index in [4.69, 9.17) is 0 Å². The molecule has 0 aliphatic carbocycles. The van der Waals surface area contributed by atoms with Gasteiger partial charge in [-0.1, -0.05) is 20.8 Å². The fraction of sp³-hybridized carbons (Fsp3) is 0.500. The highest BCUT2D eigenvalue weighted by molar-refractivity contribution is 5.18. The molecule has 2 rings (SSSR count). The summed E-state index contributed by atoms with van der Waals surface area (Å²) >= 11 is 0. The summed E-state index contributed by atoms with van der Waals surface area (Å²) in [4.78, 5) is 17.5. The van der Waals surface area contributed by atoms with E-state index in [0.29, 0.717) is 11.8 Å². The maximum atomic E-state index is 4.53. The lowest BCUT2D eigenvalue weighted by atomic mass is 9.99. The van der Waals surface area contributed by atoms with Crippen LogP contribution in [0.2, 0.25) is 0 Å². The smallest absolute Gasteiger partial charge is 0.125 e. The Morgan fingerprint density at radius 3 is 2.35 bits per heavy atom. The molecule has 4 heteroatoms. The van der Waals surface area contributed by atoms with Gasteiger partial charge in [0.25, 0.3) is 0 Å². The summed E-state index contributed by atoms with van der Waals surface area (Å²) in [5, 5.41) is 0. The Morgan fingerprint density at radius 2 is 1.70 bits per heavy atom. The maximum Gasteiger partial charge on any atom is 0.125 e. The van der Waals surface area contributed by atoms with Crippen LogP contribution in [-0.2, 0) is 6.42 Å². The first-order valence-corrected chi connectivity index (χ1v) is 7.08. The fourth-order valence-electron chi connectivity index (χ4n) is 2.26. The molecule has 0 aliphatic heterocycles. The third-order valence-electron chi connectivity index (χ3n) is 3.34. The van der Waals surface area contributed by atoms with E-state index in [1.165, 1.54) is 0 Å². The van der Waals surface area contributed by atoms with Gasteiger partial charge in [-0.05, 0) is 38.3 Å². The molecule has 0 saturated carbocycles. The molecular formula is C16H22N4. The minimum absolute atomic E-state index is 0.324. The normalized spacial score (nSPS) is 12.7. The monoisotopic (exact) mass is 270 g/mol. The number of aryl methyl sites for hydroxylation is 2. The third kappa shape index (κ3) is 3.59. The molecule has 0 fully saturated rings. The predicted molar refractivity (Wildman–Crippen MR) is 79.7 cm³/mol. The van der Waals surface area contributed by atoms with Crippen LogP contribution in [0.1, 0.15) is 61.2 Å². The van der Waals surface area contributed by atoms with Crippen LogP contribution in [-0.4, -0.2) is 19.9 Å². The zero-order valence-electron chi connectivity index (χ0n) is 12.9. The summed E-state index contributed by atoms with van der Waals surface area (Å²) in [6, 6.07) is 4.16. The van der Waals surface area contributed by atoms with Crippen molar-refractivity contribution in [1.29, 1.82) is 0 Å². The van der Waals surface area contributed by atoms with Crippen molar-refractivity contribution in [2.45, 2.75) is 52.9 Å². The predicted octanol–water partition coefficient (Wildman–Crippen LogP) is 3.35. The number of aromatic nitrogens is 4. The molecule has 0 N–H and O–H groups in total. The molecule has 0 amide bonds. The van der Waals surface area contributed by atoms with Crippen LogP contribution >= 0.6 is 0 Å². The molecule has 0 spiro atoms. The molecule has 4 nitrogen and oxygen atoms in total. The Kier molecular flexibility index (Phi) is 4.42. The molecule has 0 aromatic carbocycles. The second kappa shape index (κ2) is 6.07. The minimum atomic E-state index is 0.324. The fourth-order valence-corrected chi connectivity index (χ4v) is 2.26. The lowest BCUT2D eigenvalue weighted by Crippen LogP contribution is -2.07. The SMILES string of the molecule is Cc1cc(C(C)Cc2cc(C(C)C)ncn2)nc(C)n1. The summed E-state index contributed by atoms with van der Waals surface area (Å²) in [5.41, 5.74) is 4.27. The van der Waals surface area contributed by atoms with Crippen LogP contribution in [0.3, 0.4) is 0 Å². The summed E-state index contributed by atoms with van der Waals surface area (Å²) in [7, 11) is 0. The first-order chi connectivity index (χ1) is 9.45. The maximum absolute atomic E-state index is 4.53. The molecule has 20 heavy (non-hydrogen) atoms. The van der Waals surface area contributed by atoms with Gasteiger partial charge in [-0.2, -0.15) is 0 Å². The largest absolute Gasteiger partial charge is 0.241 e. The van der Waals surface area contributed by atoms with Crippen molar-refractivity contribution < 1.29 is 0 Å². The first-order valence-electron chi connectivity index (χ1n) is 7.08. The highest BCUT2D eigenvalue weighted by Crippen LogP contribution is 2.20. The minimum Gasteiger partial charge on any atom is -0.241 e. The molecule has 106 valence electrons. The van der Waals surface area contributed by atoms with Crippen LogP contribution in [0, 0.1) is 13.8 Å². The van der Waals surface area contributed by atoms with Gasteiger partial charge in [-0.15, -0.1) is 0 Å². The van der Waals surface area contributed by atoms with Crippen molar-refractivity contribution in [2.24, 2.45) is 0 Å². The van der Waals surface area contributed by atoms with E-state index in [9.17, 15) is 0 Å². The number of hydrogen-bond acceptors (Lipinski definition) is 4. The summed E-state index contributed by atoms with van der Waals surface area (Å²) in [5.74, 6) is 1.58. The van der Waals surface area contributed by atoms with Crippen LogP contribution in [0.15, 0.2) is 18.5 Å². The summed E-state index contributed by atoms with van der Waals surface area (Å²) < 4.78 is 0. The first kappa shape index (κ1) is 14.6. The van der Waals surface area contributed by atoms with E-state index < -0.39 is 0 Å². The van der Waals surface area contributed by atoms with Crippen molar-refractivity contribution in [2.75, 3.05) is 0 Å². The zero-order valence-corrected chi connectivity index (χ0v) is 12.9. The van der Waals surface area contributed by atoms with Gasteiger partial charge in [0, 0.05) is 28.7 Å². The molecule has 0 radical (unpaired) electrons. The highest BCUT2D eigenvalue weighted by Gasteiger charge is 2.12. The number of rotatable bonds is 4. The average molecular weight is 270 g/mol. The number of hydrogen-bond donors (Lipinski definition) is 0. The van der Waals surface area contributed by atoms with E-state index in [2.05, 4.69) is 52.8 Å². The molecule has 1 atom stereocenters. The Hall–Kier alpha value is -1.84. The number of nitrogens with zero attached hydrogens (tertiary/aromatic N) is 4. The second-order valence-corrected chi connectivity index (χ2v) is 5.68. The zero-order chi connectivity index (χ0) is 14.7. The lowest BCUT2D eigenvalue weighted by molar-refractivity contribution is 0.695. The van der Waals surface area contributed by atoms with Crippen molar-refractivity contribution in [3.05, 3.63) is 47.1 Å². The standard InChI is InChI=1S/C16H22N4/c1-10(2)15-8-14(17-9-18-15)6-11(3)16-7-12(4)19-13(5)20-16/h7-11H,6H2,1-5H3. The Balaban J connectivity index is 2.18. The van der Waals surface area contributed by atoms with Gasteiger partial charge >= 0.3 is 0 Å². The molecule has 0 saturated heterocycles. The molecule has 0 bridgehead atoms. The van der Waals surface area contributed by atoms with Gasteiger partial charge in [-0.25, -0.2) is 19.9 Å². The Morgan fingerprint density at radius 1 is 0.950 bits per heavy atom. The van der Waals surface area contributed by atoms with Crippen molar-refractivity contribution in [3.8, 4) is 0 Å². The van der Waals surface area contributed by atoms with Crippen LogP contribution in [0.25, 0.3) is 0 Å². The van der Waals surface area contributed by atoms with Crippen molar-refractivity contribution >= 4 is 0 Å². The van der Waals surface area contributed by atoms with Crippen molar-refractivity contribution in [3.63, 3.8) is 0 Å². The van der Waals surface area contributed by atoms with Gasteiger partial charge in [0.05, 0.1) is 0 Å². The van der Waals surface area contributed by atoms with E-state index in [-0.39, 0.29) is 0 Å². The van der Waals surface area contributed by atoms with E-state index in [1.807, 2.05) is 13.8 Å². The van der Waals surface area contributed by atoms with Crippen molar-refractivity contribution in [1.82, 2.24) is 19.9 Å². The van der Waals surface area contributed by atoms with E-state index >= 15 is 0 Å². The summed E-state index contributed by atoms with van der Waals surface area (Å²) in [6.45, 7) is 10.4. The van der Waals surface area contributed by atoms with Crippen LogP contribution in [0.5, 0.6) is 0 Å². The lowest BCUT2D eigenvalue weighted by Gasteiger charge is -2.13. The Bertz CT molecular complexity index is 573. The highest BCUT2D eigenvalue weighted by atomic mass is 14.9. The van der Waals surface area contributed by atoms with Crippen LogP contribution < -0.4 is 0 Å². The molecular weight excluding hydrogens is 248 g/mol. The van der Waals surface area contributed by atoms with Gasteiger partial charge in [-0.3, -0.25) is 0 Å². The van der Waals surface area contributed by atoms with Crippen LogP contribution in [0.4, 0.5) is 0 Å². The van der Waals surface area contributed by atoms with E-state index in [0.717, 1.165) is 35.0 Å². The molecule has 1 unspecified atom stereocenters. The van der Waals surface area contributed by atoms with Gasteiger partial charge in [0.1, 0.15) is 12.2 Å². The average Bonchev–Trinajstić information content (AvgIpc) is 2.37. The van der Waals surface area contributed by atoms with E-state index in [1.54, 1.807) is 6.33 Å². The third-order valence-corrected chi connectivity index (χ3v) is 3.34. The van der Waals surface area contributed by atoms with Gasteiger partial charge < -0.3 is 0 Å². The topological polar surface area (TPSA) is 51.6 Å². The molecule has 0 aliphatic rings. The quantitative estimate of drug-likeness (QED) is 0.855.